The number of rotatable bonds is 5. The zero-order valence-corrected chi connectivity index (χ0v) is 12.8. The van der Waals surface area contributed by atoms with Gasteiger partial charge in [-0.15, -0.1) is 0 Å². The Balaban J connectivity index is 2.32. The summed E-state index contributed by atoms with van der Waals surface area (Å²) in [6.07, 6.45) is 4.84. The van der Waals surface area contributed by atoms with E-state index >= 15 is 0 Å². The summed E-state index contributed by atoms with van der Waals surface area (Å²) in [6, 6.07) is 6.17. The Morgan fingerprint density at radius 2 is 2.05 bits per heavy atom. The van der Waals surface area contributed by atoms with Gasteiger partial charge in [0.25, 0.3) is 0 Å². The van der Waals surface area contributed by atoms with Gasteiger partial charge in [-0.1, -0.05) is 37.9 Å². The fraction of sp³-hybridized carbons (Fsp3) is 0.625. The van der Waals surface area contributed by atoms with Gasteiger partial charge in [-0.05, 0) is 49.9 Å². The maximum atomic E-state index is 9.59. The van der Waals surface area contributed by atoms with Crippen LogP contribution in [0.1, 0.15) is 45.1 Å². The molecular formula is C16H24ClNO. The molecule has 1 aromatic rings. The van der Waals surface area contributed by atoms with E-state index in [0.29, 0.717) is 17.0 Å². The first kappa shape index (κ1) is 14.7. The van der Waals surface area contributed by atoms with E-state index in [1.807, 2.05) is 12.1 Å². The molecule has 1 aromatic carbocycles. The molecule has 1 saturated carbocycles. The van der Waals surface area contributed by atoms with Gasteiger partial charge in [0.2, 0.25) is 0 Å². The number of benzene rings is 1. The van der Waals surface area contributed by atoms with Gasteiger partial charge in [0.15, 0.2) is 0 Å². The number of halogens is 1. The van der Waals surface area contributed by atoms with Crippen LogP contribution < -0.4 is 5.32 Å². The van der Waals surface area contributed by atoms with Crippen LogP contribution in [-0.4, -0.2) is 18.2 Å². The molecule has 2 nitrogen and oxygen atoms in total. The Hall–Kier alpha value is -0.730. The van der Waals surface area contributed by atoms with Gasteiger partial charge in [-0.25, -0.2) is 0 Å². The van der Waals surface area contributed by atoms with Gasteiger partial charge in [0.05, 0.1) is 5.02 Å². The number of aromatic hydroxyl groups is 1. The third kappa shape index (κ3) is 2.75. The van der Waals surface area contributed by atoms with Crippen LogP contribution in [0.25, 0.3) is 0 Å². The molecule has 1 aliphatic rings. The molecule has 1 aliphatic carbocycles. The van der Waals surface area contributed by atoms with E-state index in [9.17, 15) is 5.11 Å². The van der Waals surface area contributed by atoms with Crippen LogP contribution in [-0.2, 0) is 5.41 Å². The highest BCUT2D eigenvalue weighted by Gasteiger charge is 2.45. The zero-order chi connectivity index (χ0) is 14.0. The van der Waals surface area contributed by atoms with E-state index < -0.39 is 0 Å². The molecule has 1 atom stereocenters. The van der Waals surface area contributed by atoms with Crippen LogP contribution in [0.2, 0.25) is 5.02 Å². The lowest BCUT2D eigenvalue weighted by molar-refractivity contribution is 0.157. The van der Waals surface area contributed by atoms with Crippen molar-refractivity contribution >= 4 is 11.6 Å². The van der Waals surface area contributed by atoms with Crippen LogP contribution in [0.4, 0.5) is 0 Å². The second-order valence-electron chi connectivity index (χ2n) is 6.15. The van der Waals surface area contributed by atoms with Crippen molar-refractivity contribution in [2.24, 2.45) is 5.92 Å². The quantitative estimate of drug-likeness (QED) is 0.852. The third-order valence-corrected chi connectivity index (χ3v) is 4.79. The largest absolute Gasteiger partial charge is 0.506 e. The SMILES string of the molecule is CNC(CC(C)C)C1(c2ccc(O)c(Cl)c2)CCC1. The number of phenols is 1. The minimum Gasteiger partial charge on any atom is -0.506 e. The lowest BCUT2D eigenvalue weighted by Crippen LogP contribution is -2.52. The van der Waals surface area contributed by atoms with E-state index in [0.717, 1.165) is 6.42 Å². The maximum Gasteiger partial charge on any atom is 0.134 e. The van der Waals surface area contributed by atoms with Gasteiger partial charge in [-0.3, -0.25) is 0 Å². The monoisotopic (exact) mass is 281 g/mol. The fourth-order valence-electron chi connectivity index (χ4n) is 3.30. The Morgan fingerprint density at radius 1 is 1.37 bits per heavy atom. The standard InChI is InChI=1S/C16H24ClNO/c1-11(2)9-15(18-3)16(7-4-8-16)12-5-6-14(19)13(17)10-12/h5-6,10-11,15,18-19H,4,7-9H2,1-3H3. The molecule has 2 N–H and O–H groups in total. The number of hydrogen-bond donors (Lipinski definition) is 2. The van der Waals surface area contributed by atoms with Crippen molar-refractivity contribution in [2.45, 2.75) is 51.0 Å². The van der Waals surface area contributed by atoms with Crippen LogP contribution in [0.3, 0.4) is 0 Å². The molecule has 3 heteroatoms. The molecule has 0 bridgehead atoms. The molecule has 0 saturated heterocycles. The molecule has 0 spiro atoms. The number of nitrogens with one attached hydrogen (secondary N) is 1. The summed E-state index contributed by atoms with van der Waals surface area (Å²) in [5, 5.41) is 13.6. The molecule has 106 valence electrons. The molecule has 0 aliphatic heterocycles. The molecule has 1 unspecified atom stereocenters. The summed E-state index contributed by atoms with van der Waals surface area (Å²) >= 11 is 6.08. The lowest BCUT2D eigenvalue weighted by Gasteiger charge is -2.49. The smallest absolute Gasteiger partial charge is 0.134 e. The van der Waals surface area contributed by atoms with E-state index in [1.165, 1.54) is 24.8 Å². The predicted octanol–water partition coefficient (Wildman–Crippen LogP) is 4.10. The average Bonchev–Trinajstić information content (AvgIpc) is 2.30. The van der Waals surface area contributed by atoms with Crippen LogP contribution >= 0.6 is 11.6 Å². The Morgan fingerprint density at radius 3 is 2.47 bits per heavy atom. The number of likely N-dealkylation sites (N-methyl/N-ethyl adjacent to an activating group) is 1. The summed E-state index contributed by atoms with van der Waals surface area (Å²) in [5.74, 6) is 0.840. The van der Waals surface area contributed by atoms with E-state index in [-0.39, 0.29) is 11.2 Å². The van der Waals surface area contributed by atoms with Crippen LogP contribution in [0, 0.1) is 5.92 Å². The minimum atomic E-state index is 0.171. The summed E-state index contributed by atoms with van der Waals surface area (Å²) in [5.41, 5.74) is 1.46. The van der Waals surface area contributed by atoms with Gasteiger partial charge in [0.1, 0.15) is 5.75 Å². The molecule has 19 heavy (non-hydrogen) atoms. The molecule has 2 rings (SSSR count). The normalized spacial score (nSPS) is 19.2. The maximum absolute atomic E-state index is 9.59. The predicted molar refractivity (Wildman–Crippen MR) is 80.9 cm³/mol. The van der Waals surface area contributed by atoms with E-state index in [4.69, 9.17) is 11.6 Å². The third-order valence-electron chi connectivity index (χ3n) is 4.49. The topological polar surface area (TPSA) is 32.3 Å². The average molecular weight is 282 g/mol. The summed E-state index contributed by atoms with van der Waals surface area (Å²) in [6.45, 7) is 4.53. The highest BCUT2D eigenvalue weighted by molar-refractivity contribution is 6.32. The first-order chi connectivity index (χ1) is 8.99. The van der Waals surface area contributed by atoms with Crippen molar-refractivity contribution in [2.75, 3.05) is 7.05 Å². The zero-order valence-electron chi connectivity index (χ0n) is 12.0. The van der Waals surface area contributed by atoms with Gasteiger partial charge in [0, 0.05) is 11.5 Å². The van der Waals surface area contributed by atoms with Crippen LogP contribution in [0.15, 0.2) is 18.2 Å². The Kier molecular flexibility index (Phi) is 4.42. The van der Waals surface area contributed by atoms with Gasteiger partial charge in [-0.2, -0.15) is 0 Å². The van der Waals surface area contributed by atoms with Crippen molar-refractivity contribution in [1.29, 1.82) is 0 Å². The number of phenolic OH excluding ortho intramolecular Hbond substituents is 1. The van der Waals surface area contributed by atoms with Crippen molar-refractivity contribution < 1.29 is 5.11 Å². The highest BCUT2D eigenvalue weighted by Crippen LogP contribution is 2.49. The minimum absolute atomic E-state index is 0.171. The molecular weight excluding hydrogens is 258 g/mol. The summed E-state index contributed by atoms with van der Waals surface area (Å²) in [4.78, 5) is 0. The van der Waals surface area contributed by atoms with E-state index in [2.05, 4.69) is 26.2 Å². The second kappa shape index (κ2) is 5.72. The van der Waals surface area contributed by atoms with Gasteiger partial charge < -0.3 is 10.4 Å². The first-order valence-electron chi connectivity index (χ1n) is 7.16. The molecule has 0 radical (unpaired) electrons. The van der Waals surface area contributed by atoms with E-state index in [1.54, 1.807) is 6.07 Å². The Bertz CT molecular complexity index is 440. The number of hydrogen-bond acceptors (Lipinski definition) is 2. The molecule has 1 fully saturated rings. The second-order valence-corrected chi connectivity index (χ2v) is 6.55. The van der Waals surface area contributed by atoms with Crippen molar-refractivity contribution in [3.05, 3.63) is 28.8 Å². The van der Waals surface area contributed by atoms with Crippen molar-refractivity contribution in [3.8, 4) is 5.75 Å². The summed E-state index contributed by atoms with van der Waals surface area (Å²) < 4.78 is 0. The van der Waals surface area contributed by atoms with Crippen molar-refractivity contribution in [1.82, 2.24) is 5.32 Å². The molecule has 0 aromatic heterocycles. The van der Waals surface area contributed by atoms with Crippen molar-refractivity contribution in [3.63, 3.8) is 0 Å². The lowest BCUT2D eigenvalue weighted by atomic mass is 9.59. The fourth-order valence-corrected chi connectivity index (χ4v) is 3.48. The van der Waals surface area contributed by atoms with Gasteiger partial charge >= 0.3 is 0 Å². The molecule has 0 heterocycles. The van der Waals surface area contributed by atoms with Crippen LogP contribution in [0.5, 0.6) is 5.75 Å². The summed E-state index contributed by atoms with van der Waals surface area (Å²) in [7, 11) is 2.05. The highest BCUT2D eigenvalue weighted by atomic mass is 35.5. The molecule has 0 amide bonds. The first-order valence-corrected chi connectivity index (χ1v) is 7.53. The Labute approximate surface area is 121 Å².